The van der Waals surface area contributed by atoms with Crippen LogP contribution in [-0.2, 0) is 16.1 Å². The van der Waals surface area contributed by atoms with Gasteiger partial charge < -0.3 is 24.1 Å². The molecule has 2 aliphatic rings. The van der Waals surface area contributed by atoms with Gasteiger partial charge in [0, 0.05) is 12.2 Å². The molecule has 1 saturated heterocycles. The number of hydrogen-bond acceptors (Lipinski definition) is 5. The van der Waals surface area contributed by atoms with E-state index in [1.54, 1.807) is 6.07 Å². The van der Waals surface area contributed by atoms with Crippen LogP contribution in [0.5, 0.6) is 11.5 Å². The molecule has 0 bridgehead atoms. The number of benzene rings is 2. The lowest BCUT2D eigenvalue weighted by atomic mass is 9.99. The summed E-state index contributed by atoms with van der Waals surface area (Å²) in [6, 6.07) is 10.9. The predicted molar refractivity (Wildman–Crippen MR) is 89.0 cm³/mol. The lowest BCUT2D eigenvalue weighted by Crippen LogP contribution is -2.11. The number of carboxylic acid groups (broad SMARTS) is 1. The van der Waals surface area contributed by atoms with E-state index in [1.807, 2.05) is 24.3 Å². The summed E-state index contributed by atoms with van der Waals surface area (Å²) >= 11 is 0. The molecule has 130 valence electrons. The minimum Gasteiger partial charge on any atom is -0.478 e. The number of ether oxygens (including phenoxy) is 4. The van der Waals surface area contributed by atoms with Crippen molar-refractivity contribution < 1.29 is 28.8 Å². The van der Waals surface area contributed by atoms with E-state index in [1.165, 1.54) is 6.07 Å². The zero-order valence-electron chi connectivity index (χ0n) is 13.6. The largest absolute Gasteiger partial charge is 0.478 e. The van der Waals surface area contributed by atoms with Crippen LogP contribution in [0.4, 0.5) is 0 Å². The summed E-state index contributed by atoms with van der Waals surface area (Å²) < 4.78 is 22.1. The lowest BCUT2D eigenvalue weighted by molar-refractivity contribution is 0.0318. The molecule has 0 aromatic heterocycles. The maximum Gasteiger partial charge on any atom is 0.335 e. The normalized spacial score (nSPS) is 18.5. The van der Waals surface area contributed by atoms with Crippen molar-refractivity contribution in [2.45, 2.75) is 19.1 Å². The van der Waals surface area contributed by atoms with Gasteiger partial charge in [-0.2, -0.15) is 0 Å². The number of rotatable bonds is 5. The highest BCUT2D eigenvalue weighted by atomic mass is 16.7. The Morgan fingerprint density at radius 1 is 1.24 bits per heavy atom. The Labute approximate surface area is 144 Å². The number of hydrogen-bond donors (Lipinski definition) is 1. The van der Waals surface area contributed by atoms with E-state index in [0.29, 0.717) is 30.3 Å². The van der Waals surface area contributed by atoms with Gasteiger partial charge in [0.1, 0.15) is 0 Å². The molecule has 6 heteroatoms. The van der Waals surface area contributed by atoms with Crippen LogP contribution in [-0.4, -0.2) is 37.2 Å². The first-order valence-corrected chi connectivity index (χ1v) is 8.16. The van der Waals surface area contributed by atoms with Crippen LogP contribution in [0, 0.1) is 0 Å². The molecule has 1 N–H and O–H groups in total. The number of carboxylic acids is 1. The van der Waals surface area contributed by atoms with Gasteiger partial charge in [-0.05, 0) is 35.7 Å². The monoisotopic (exact) mass is 342 g/mol. The summed E-state index contributed by atoms with van der Waals surface area (Å²) in [5.74, 6) is 0.0344. The summed E-state index contributed by atoms with van der Waals surface area (Å²) in [5.41, 5.74) is 2.76. The Kier molecular flexibility index (Phi) is 4.29. The van der Waals surface area contributed by atoms with Gasteiger partial charge in [-0.25, -0.2) is 4.79 Å². The molecule has 6 nitrogen and oxygen atoms in total. The van der Waals surface area contributed by atoms with Crippen LogP contribution in [0.1, 0.15) is 22.3 Å². The lowest BCUT2D eigenvalue weighted by Gasteiger charge is -2.12. The Bertz CT molecular complexity index is 794. The standard InChI is InChI=1S/C19H18O6/c20-19(21)14-7-16(18-17(8-14)24-11-25-18)13-3-1-2-12(6-13)9-23-15-4-5-22-10-15/h1-3,6-8,15H,4-5,9-11H2,(H,20,21). The highest BCUT2D eigenvalue weighted by Gasteiger charge is 2.22. The van der Waals surface area contributed by atoms with Gasteiger partial charge in [0.05, 0.1) is 24.9 Å². The van der Waals surface area contributed by atoms with Crippen LogP contribution in [0.2, 0.25) is 0 Å². The quantitative estimate of drug-likeness (QED) is 0.900. The fourth-order valence-corrected chi connectivity index (χ4v) is 3.04. The molecular formula is C19H18O6. The van der Waals surface area contributed by atoms with Crippen molar-refractivity contribution >= 4 is 5.97 Å². The fraction of sp³-hybridized carbons (Fsp3) is 0.316. The second-order valence-electron chi connectivity index (χ2n) is 6.06. The van der Waals surface area contributed by atoms with E-state index in [2.05, 4.69) is 0 Å². The van der Waals surface area contributed by atoms with Crippen molar-refractivity contribution in [1.29, 1.82) is 0 Å². The molecule has 1 unspecified atom stereocenters. The molecule has 25 heavy (non-hydrogen) atoms. The van der Waals surface area contributed by atoms with Gasteiger partial charge in [0.25, 0.3) is 0 Å². The van der Waals surface area contributed by atoms with Crippen LogP contribution in [0.15, 0.2) is 36.4 Å². The Balaban J connectivity index is 1.63. The Morgan fingerprint density at radius 3 is 2.96 bits per heavy atom. The van der Waals surface area contributed by atoms with Gasteiger partial charge in [0.15, 0.2) is 11.5 Å². The summed E-state index contributed by atoms with van der Waals surface area (Å²) in [6.45, 7) is 1.96. The summed E-state index contributed by atoms with van der Waals surface area (Å²) in [5, 5.41) is 9.32. The van der Waals surface area contributed by atoms with Crippen LogP contribution >= 0.6 is 0 Å². The van der Waals surface area contributed by atoms with Crippen molar-refractivity contribution in [3.63, 3.8) is 0 Å². The molecule has 1 fully saturated rings. The van der Waals surface area contributed by atoms with E-state index < -0.39 is 5.97 Å². The van der Waals surface area contributed by atoms with E-state index in [0.717, 1.165) is 24.2 Å². The third kappa shape index (κ3) is 3.31. The fourth-order valence-electron chi connectivity index (χ4n) is 3.04. The van der Waals surface area contributed by atoms with Crippen molar-refractivity contribution in [1.82, 2.24) is 0 Å². The third-order valence-electron chi connectivity index (χ3n) is 4.33. The Hall–Kier alpha value is -2.57. The number of aromatic carboxylic acids is 1. The Morgan fingerprint density at radius 2 is 2.16 bits per heavy atom. The number of fused-ring (bicyclic) bond motifs is 1. The molecule has 0 spiro atoms. The van der Waals surface area contributed by atoms with Crippen LogP contribution < -0.4 is 9.47 Å². The van der Waals surface area contributed by atoms with Crippen LogP contribution in [0.3, 0.4) is 0 Å². The van der Waals surface area contributed by atoms with Crippen molar-refractivity contribution in [3.8, 4) is 22.6 Å². The zero-order valence-corrected chi connectivity index (χ0v) is 13.6. The molecule has 4 rings (SSSR count). The van der Waals surface area contributed by atoms with Gasteiger partial charge in [0.2, 0.25) is 6.79 Å². The molecule has 2 aromatic carbocycles. The van der Waals surface area contributed by atoms with E-state index in [-0.39, 0.29) is 18.5 Å². The number of carbonyl (C=O) groups is 1. The summed E-state index contributed by atoms with van der Waals surface area (Å²) in [4.78, 5) is 11.4. The predicted octanol–water partition coefficient (Wildman–Crippen LogP) is 3.09. The molecule has 1 atom stereocenters. The minimum absolute atomic E-state index is 0.0931. The molecule has 2 aliphatic heterocycles. The molecule has 2 heterocycles. The first-order valence-electron chi connectivity index (χ1n) is 8.16. The zero-order chi connectivity index (χ0) is 17.2. The second-order valence-corrected chi connectivity index (χ2v) is 6.06. The second kappa shape index (κ2) is 6.74. The van der Waals surface area contributed by atoms with E-state index in [4.69, 9.17) is 18.9 Å². The first kappa shape index (κ1) is 15.9. The SMILES string of the molecule is O=C(O)c1cc2c(c(-c3cccc(COC4CCOC4)c3)c1)OCO2. The molecule has 0 radical (unpaired) electrons. The summed E-state index contributed by atoms with van der Waals surface area (Å²) in [7, 11) is 0. The van der Waals surface area contributed by atoms with E-state index >= 15 is 0 Å². The van der Waals surface area contributed by atoms with Crippen LogP contribution in [0.25, 0.3) is 11.1 Å². The third-order valence-corrected chi connectivity index (χ3v) is 4.33. The van der Waals surface area contributed by atoms with Gasteiger partial charge >= 0.3 is 5.97 Å². The van der Waals surface area contributed by atoms with Gasteiger partial charge in [-0.3, -0.25) is 0 Å². The topological polar surface area (TPSA) is 74.2 Å². The van der Waals surface area contributed by atoms with E-state index in [9.17, 15) is 9.90 Å². The average Bonchev–Trinajstić information content (AvgIpc) is 3.30. The summed E-state index contributed by atoms with van der Waals surface area (Å²) in [6.07, 6.45) is 1.05. The first-order chi connectivity index (χ1) is 12.2. The van der Waals surface area contributed by atoms with Crippen molar-refractivity contribution in [2.75, 3.05) is 20.0 Å². The molecule has 2 aromatic rings. The highest BCUT2D eigenvalue weighted by molar-refractivity contribution is 5.92. The molecule has 0 amide bonds. The highest BCUT2D eigenvalue weighted by Crippen LogP contribution is 2.42. The molecule has 0 saturated carbocycles. The van der Waals surface area contributed by atoms with Gasteiger partial charge in [-0.15, -0.1) is 0 Å². The maximum atomic E-state index is 11.4. The maximum absolute atomic E-state index is 11.4. The minimum atomic E-state index is -1.000. The molecular weight excluding hydrogens is 324 g/mol. The smallest absolute Gasteiger partial charge is 0.335 e. The van der Waals surface area contributed by atoms with Crippen molar-refractivity contribution in [3.05, 3.63) is 47.5 Å². The van der Waals surface area contributed by atoms with Crippen molar-refractivity contribution in [2.24, 2.45) is 0 Å². The van der Waals surface area contributed by atoms with Gasteiger partial charge in [-0.1, -0.05) is 18.2 Å². The molecule has 0 aliphatic carbocycles. The average molecular weight is 342 g/mol.